The molecule has 0 heterocycles. The molecule has 0 fully saturated rings. The quantitative estimate of drug-likeness (QED) is 0.465. The number of hydrogen-bond donors (Lipinski definition) is 0. The zero-order valence-corrected chi connectivity index (χ0v) is 17.6. The Labute approximate surface area is 162 Å². The van der Waals surface area contributed by atoms with E-state index in [2.05, 4.69) is 9.36 Å². The van der Waals surface area contributed by atoms with Crippen molar-refractivity contribution in [3.63, 3.8) is 0 Å². The van der Waals surface area contributed by atoms with Crippen LogP contribution in [0.25, 0.3) is 0 Å². The molecule has 0 bridgehead atoms. The summed E-state index contributed by atoms with van der Waals surface area (Å²) in [7, 11) is -0.655. The fourth-order valence-corrected chi connectivity index (χ4v) is 4.59. The van der Waals surface area contributed by atoms with Gasteiger partial charge in [-0.3, -0.25) is 0 Å². The van der Waals surface area contributed by atoms with Crippen molar-refractivity contribution in [3.05, 3.63) is 52.5 Å². The Balaban J connectivity index is 2.53. The van der Waals surface area contributed by atoms with Crippen molar-refractivity contribution < 1.29 is 4.21 Å². The van der Waals surface area contributed by atoms with Crippen LogP contribution in [0.4, 0.5) is 11.4 Å². The molecule has 140 valence electrons. The maximum atomic E-state index is 13.6. The first-order chi connectivity index (χ1) is 12.3. The standard InChI is InChI=1S/C20H26ClN3OS/c1-6-24(5)14-22-19-12-16(4)20(13-18(19)21)26(25,7-2)23-17-10-8-9-15(3)11-17/h8-14H,6-7H2,1-5H3. The van der Waals surface area contributed by atoms with Gasteiger partial charge in [0.05, 0.1) is 37.4 Å². The SMILES string of the molecule is CCN(C)C=Nc1cc(C)c(S(=O)(CC)=Nc2cccc(C)c2)cc1Cl. The van der Waals surface area contributed by atoms with Gasteiger partial charge in [0.25, 0.3) is 0 Å². The van der Waals surface area contributed by atoms with Gasteiger partial charge in [-0.05, 0) is 56.2 Å². The predicted molar refractivity (Wildman–Crippen MR) is 113 cm³/mol. The highest BCUT2D eigenvalue weighted by Gasteiger charge is 2.16. The van der Waals surface area contributed by atoms with Gasteiger partial charge in [-0.2, -0.15) is 4.36 Å². The van der Waals surface area contributed by atoms with E-state index in [0.29, 0.717) is 21.4 Å². The minimum atomic E-state index is -2.60. The van der Waals surface area contributed by atoms with E-state index in [9.17, 15) is 4.21 Å². The summed E-state index contributed by atoms with van der Waals surface area (Å²) < 4.78 is 18.1. The maximum absolute atomic E-state index is 13.6. The van der Waals surface area contributed by atoms with Crippen molar-refractivity contribution in [1.29, 1.82) is 0 Å². The lowest BCUT2D eigenvalue weighted by atomic mass is 10.2. The highest BCUT2D eigenvalue weighted by molar-refractivity contribution is 7.93. The Bertz CT molecular complexity index is 931. The molecule has 0 aliphatic carbocycles. The molecule has 0 amide bonds. The topological polar surface area (TPSA) is 45.0 Å². The van der Waals surface area contributed by atoms with Gasteiger partial charge in [0, 0.05) is 19.3 Å². The molecule has 2 rings (SSSR count). The summed E-state index contributed by atoms with van der Waals surface area (Å²) in [5.41, 5.74) is 3.35. The average Bonchev–Trinajstić information content (AvgIpc) is 2.61. The van der Waals surface area contributed by atoms with Gasteiger partial charge >= 0.3 is 0 Å². The molecule has 4 nitrogen and oxygen atoms in total. The molecular formula is C20H26ClN3OS. The summed E-state index contributed by atoms with van der Waals surface area (Å²) in [4.78, 5) is 7.06. The molecule has 6 heteroatoms. The molecule has 0 radical (unpaired) electrons. The predicted octanol–water partition coefficient (Wildman–Crippen LogP) is 5.75. The van der Waals surface area contributed by atoms with Crippen LogP contribution in [-0.4, -0.2) is 34.8 Å². The van der Waals surface area contributed by atoms with Crippen molar-refractivity contribution in [2.24, 2.45) is 9.36 Å². The lowest BCUT2D eigenvalue weighted by Crippen LogP contribution is -2.14. The minimum absolute atomic E-state index is 0.416. The van der Waals surface area contributed by atoms with Gasteiger partial charge in [0.2, 0.25) is 0 Å². The Hall–Kier alpha value is -1.85. The van der Waals surface area contributed by atoms with Gasteiger partial charge in [-0.25, -0.2) is 9.20 Å². The van der Waals surface area contributed by atoms with E-state index in [1.807, 2.05) is 70.0 Å². The Kier molecular flexibility index (Phi) is 6.84. The monoisotopic (exact) mass is 391 g/mol. The van der Waals surface area contributed by atoms with Crippen LogP contribution in [-0.2, 0) is 9.73 Å². The zero-order valence-electron chi connectivity index (χ0n) is 16.0. The van der Waals surface area contributed by atoms with Crippen molar-refractivity contribution in [1.82, 2.24) is 4.90 Å². The lowest BCUT2D eigenvalue weighted by molar-refractivity contribution is 0.552. The molecule has 0 aliphatic heterocycles. The van der Waals surface area contributed by atoms with Crippen molar-refractivity contribution in [3.8, 4) is 0 Å². The number of hydrogen-bond acceptors (Lipinski definition) is 3. The second-order valence-corrected chi connectivity index (χ2v) is 9.13. The highest BCUT2D eigenvalue weighted by atomic mass is 35.5. The van der Waals surface area contributed by atoms with Crippen LogP contribution in [0.2, 0.25) is 5.02 Å². The first kappa shape index (κ1) is 20.5. The van der Waals surface area contributed by atoms with Crippen LogP contribution in [0.1, 0.15) is 25.0 Å². The highest BCUT2D eigenvalue weighted by Crippen LogP contribution is 2.33. The minimum Gasteiger partial charge on any atom is -0.366 e. The summed E-state index contributed by atoms with van der Waals surface area (Å²) in [5.74, 6) is 0.416. The molecule has 0 saturated heterocycles. The summed E-state index contributed by atoms with van der Waals surface area (Å²) in [6, 6.07) is 11.4. The summed E-state index contributed by atoms with van der Waals surface area (Å²) in [6.45, 7) is 8.71. The van der Waals surface area contributed by atoms with E-state index in [1.54, 1.807) is 12.4 Å². The smallest absolute Gasteiger partial charge is 0.0910 e. The van der Waals surface area contributed by atoms with E-state index in [0.717, 1.165) is 23.4 Å². The largest absolute Gasteiger partial charge is 0.366 e. The molecule has 0 N–H and O–H groups in total. The third kappa shape index (κ3) is 4.86. The normalized spacial score (nSPS) is 13.6. The molecule has 1 unspecified atom stereocenters. The van der Waals surface area contributed by atoms with Crippen molar-refractivity contribution in [2.75, 3.05) is 19.3 Å². The van der Waals surface area contributed by atoms with Crippen LogP contribution in [0, 0.1) is 13.8 Å². The fourth-order valence-electron chi connectivity index (χ4n) is 2.46. The third-order valence-electron chi connectivity index (χ3n) is 4.13. The van der Waals surface area contributed by atoms with Crippen LogP contribution >= 0.6 is 11.6 Å². The van der Waals surface area contributed by atoms with Crippen LogP contribution in [0.3, 0.4) is 0 Å². The molecule has 0 aliphatic rings. The van der Waals surface area contributed by atoms with Crippen molar-refractivity contribution >= 4 is 39.0 Å². The number of nitrogens with zero attached hydrogens (tertiary/aromatic N) is 3. The Morgan fingerprint density at radius 2 is 1.92 bits per heavy atom. The molecule has 2 aromatic carbocycles. The van der Waals surface area contributed by atoms with E-state index in [-0.39, 0.29) is 0 Å². The second-order valence-electron chi connectivity index (χ2n) is 6.25. The van der Waals surface area contributed by atoms with Crippen LogP contribution in [0.5, 0.6) is 0 Å². The van der Waals surface area contributed by atoms with Gasteiger partial charge in [-0.1, -0.05) is 30.7 Å². The fraction of sp³-hybridized carbons (Fsp3) is 0.350. The molecule has 0 spiro atoms. The first-order valence-corrected chi connectivity index (χ1v) is 10.7. The number of rotatable bonds is 6. The number of aliphatic imine (C=N–C) groups is 1. The zero-order chi connectivity index (χ0) is 19.3. The van der Waals surface area contributed by atoms with Crippen LogP contribution < -0.4 is 0 Å². The van der Waals surface area contributed by atoms with Gasteiger partial charge in [0.15, 0.2) is 0 Å². The van der Waals surface area contributed by atoms with E-state index < -0.39 is 9.73 Å². The molecule has 0 aromatic heterocycles. The number of benzene rings is 2. The number of halogens is 1. The van der Waals surface area contributed by atoms with Gasteiger partial charge in [0.1, 0.15) is 0 Å². The van der Waals surface area contributed by atoms with Gasteiger partial charge in [-0.15, -0.1) is 0 Å². The second kappa shape index (κ2) is 8.69. The van der Waals surface area contributed by atoms with E-state index >= 15 is 0 Å². The summed E-state index contributed by atoms with van der Waals surface area (Å²) >= 11 is 6.42. The lowest BCUT2D eigenvalue weighted by Gasteiger charge is -2.14. The number of aryl methyl sites for hydroxylation is 2. The van der Waals surface area contributed by atoms with Gasteiger partial charge < -0.3 is 4.90 Å². The summed E-state index contributed by atoms with van der Waals surface area (Å²) in [6.07, 6.45) is 1.74. The Morgan fingerprint density at radius 1 is 1.19 bits per heavy atom. The van der Waals surface area contributed by atoms with E-state index in [1.165, 1.54) is 0 Å². The first-order valence-electron chi connectivity index (χ1n) is 8.65. The summed E-state index contributed by atoms with van der Waals surface area (Å²) in [5, 5.41) is 0.479. The van der Waals surface area contributed by atoms with E-state index in [4.69, 9.17) is 11.6 Å². The molecule has 2 aromatic rings. The van der Waals surface area contributed by atoms with Crippen molar-refractivity contribution in [2.45, 2.75) is 32.6 Å². The molecule has 26 heavy (non-hydrogen) atoms. The maximum Gasteiger partial charge on any atom is 0.0910 e. The Morgan fingerprint density at radius 3 is 2.54 bits per heavy atom. The molecule has 0 saturated carbocycles. The average molecular weight is 392 g/mol. The molecular weight excluding hydrogens is 366 g/mol. The third-order valence-corrected chi connectivity index (χ3v) is 6.84. The van der Waals surface area contributed by atoms with Crippen LogP contribution in [0.15, 0.2) is 50.6 Å². The molecule has 1 atom stereocenters.